The van der Waals surface area contributed by atoms with Crippen molar-refractivity contribution in [2.24, 2.45) is 7.05 Å². The van der Waals surface area contributed by atoms with Crippen LogP contribution in [0.25, 0.3) is 5.69 Å². The Morgan fingerprint density at radius 2 is 2.08 bits per heavy atom. The normalized spacial score (nSPS) is 18.0. The van der Waals surface area contributed by atoms with Crippen molar-refractivity contribution in [3.8, 4) is 5.69 Å². The second kappa shape index (κ2) is 7.88. The molecule has 26 heavy (non-hydrogen) atoms. The third-order valence-electron chi connectivity index (χ3n) is 4.87. The quantitative estimate of drug-likeness (QED) is 0.822. The Balaban J connectivity index is 1.73. The van der Waals surface area contributed by atoms with E-state index in [0.717, 1.165) is 25.1 Å². The topological polar surface area (TPSA) is 77.3 Å². The number of hydrogen-bond acceptors (Lipinski definition) is 4. The van der Waals surface area contributed by atoms with Gasteiger partial charge in [0.1, 0.15) is 5.69 Å². The van der Waals surface area contributed by atoms with Crippen molar-refractivity contribution >= 4 is 11.6 Å². The van der Waals surface area contributed by atoms with E-state index in [1.807, 2.05) is 37.3 Å². The summed E-state index contributed by atoms with van der Waals surface area (Å²) in [6, 6.07) is 8.95. The van der Waals surface area contributed by atoms with Gasteiger partial charge in [-0.2, -0.15) is 0 Å². The van der Waals surface area contributed by atoms with Crippen LogP contribution in [-0.2, 0) is 16.6 Å². The van der Waals surface area contributed by atoms with Crippen LogP contribution < -0.4 is 16.2 Å². The number of rotatable bonds is 6. The van der Waals surface area contributed by atoms with E-state index in [0.29, 0.717) is 17.9 Å². The number of nitrogens with one attached hydrogen (secondary N) is 2. The molecule has 0 radical (unpaired) electrons. The number of ether oxygens (including phenoxy) is 1. The van der Waals surface area contributed by atoms with Crippen LogP contribution in [0.4, 0.5) is 5.69 Å². The molecule has 1 fully saturated rings. The Bertz CT molecular complexity index is 819. The fraction of sp³-hybridized carbons (Fsp3) is 0.474. The number of carbonyl (C=O) groups excluding carboxylic acids is 1. The van der Waals surface area contributed by atoms with Gasteiger partial charge < -0.3 is 15.4 Å². The number of para-hydroxylation sites is 1. The zero-order valence-electron chi connectivity index (χ0n) is 15.5. The number of benzene rings is 1. The molecule has 1 aromatic carbocycles. The molecule has 7 nitrogen and oxygen atoms in total. The van der Waals surface area contributed by atoms with Crippen LogP contribution in [0, 0.1) is 6.92 Å². The monoisotopic (exact) mass is 358 g/mol. The van der Waals surface area contributed by atoms with Crippen molar-refractivity contribution in [1.29, 1.82) is 0 Å². The molecule has 0 spiro atoms. The molecule has 0 bridgehead atoms. The van der Waals surface area contributed by atoms with Gasteiger partial charge in [0.2, 0.25) is 5.91 Å². The van der Waals surface area contributed by atoms with Crippen LogP contribution in [0.1, 0.15) is 25.5 Å². The minimum absolute atomic E-state index is 0.166. The second-order valence-electron chi connectivity index (χ2n) is 6.69. The minimum atomic E-state index is -0.414. The van der Waals surface area contributed by atoms with Gasteiger partial charge >= 0.3 is 0 Å². The van der Waals surface area contributed by atoms with Crippen LogP contribution in [0.2, 0.25) is 0 Å². The van der Waals surface area contributed by atoms with E-state index in [1.165, 1.54) is 0 Å². The summed E-state index contributed by atoms with van der Waals surface area (Å²) in [5, 5.41) is 5.97. The minimum Gasteiger partial charge on any atom is -0.377 e. The van der Waals surface area contributed by atoms with E-state index in [-0.39, 0.29) is 17.6 Å². The van der Waals surface area contributed by atoms with Gasteiger partial charge in [0, 0.05) is 20.2 Å². The lowest BCUT2D eigenvalue weighted by Crippen LogP contribution is -2.42. The number of amides is 1. The Morgan fingerprint density at radius 3 is 2.73 bits per heavy atom. The molecule has 140 valence electrons. The fourth-order valence-electron chi connectivity index (χ4n) is 3.15. The van der Waals surface area contributed by atoms with Crippen LogP contribution in [0.5, 0.6) is 0 Å². The van der Waals surface area contributed by atoms with Crippen molar-refractivity contribution in [2.75, 3.05) is 18.5 Å². The van der Waals surface area contributed by atoms with Crippen LogP contribution >= 0.6 is 0 Å². The molecule has 0 saturated carbocycles. The first-order chi connectivity index (χ1) is 12.5. The van der Waals surface area contributed by atoms with Gasteiger partial charge in [0.15, 0.2) is 0 Å². The molecule has 1 aliphatic heterocycles. The summed E-state index contributed by atoms with van der Waals surface area (Å²) in [5.41, 5.74) is 1.54. The molecule has 3 rings (SSSR count). The molecular formula is C19H26N4O3. The van der Waals surface area contributed by atoms with E-state index in [2.05, 4.69) is 10.6 Å². The van der Waals surface area contributed by atoms with Gasteiger partial charge in [-0.25, -0.2) is 4.68 Å². The van der Waals surface area contributed by atoms with Crippen LogP contribution in [0.3, 0.4) is 0 Å². The molecule has 2 aromatic rings. The fourth-order valence-corrected chi connectivity index (χ4v) is 3.15. The molecule has 1 aromatic heterocycles. The van der Waals surface area contributed by atoms with E-state index >= 15 is 0 Å². The van der Waals surface area contributed by atoms with E-state index in [4.69, 9.17) is 4.74 Å². The van der Waals surface area contributed by atoms with Gasteiger partial charge in [-0.1, -0.05) is 18.2 Å². The number of anilines is 1. The Kier molecular flexibility index (Phi) is 5.58. The van der Waals surface area contributed by atoms with Crippen LogP contribution in [0.15, 0.2) is 35.1 Å². The summed E-state index contributed by atoms with van der Waals surface area (Å²) in [6.07, 6.45) is 2.25. The van der Waals surface area contributed by atoms with Gasteiger partial charge in [-0.05, 0) is 38.8 Å². The average Bonchev–Trinajstić information content (AvgIpc) is 3.23. The van der Waals surface area contributed by atoms with E-state index < -0.39 is 6.04 Å². The maximum Gasteiger partial charge on any atom is 0.295 e. The van der Waals surface area contributed by atoms with E-state index in [9.17, 15) is 9.59 Å². The number of aromatic nitrogens is 2. The number of nitrogens with zero attached hydrogens (tertiary/aromatic N) is 2. The molecule has 1 amide bonds. The highest BCUT2D eigenvalue weighted by atomic mass is 16.5. The summed E-state index contributed by atoms with van der Waals surface area (Å²) < 4.78 is 8.86. The van der Waals surface area contributed by atoms with Gasteiger partial charge in [0.25, 0.3) is 5.56 Å². The molecule has 2 heterocycles. The zero-order chi connectivity index (χ0) is 18.7. The van der Waals surface area contributed by atoms with Gasteiger partial charge in [-0.15, -0.1) is 0 Å². The summed E-state index contributed by atoms with van der Waals surface area (Å²) in [6.45, 7) is 5.03. The largest absolute Gasteiger partial charge is 0.377 e. The van der Waals surface area contributed by atoms with Crippen molar-refractivity contribution in [2.45, 2.75) is 38.8 Å². The number of carbonyl (C=O) groups is 1. The lowest BCUT2D eigenvalue weighted by molar-refractivity contribution is -0.117. The maximum atomic E-state index is 12.8. The molecule has 2 atom stereocenters. The predicted molar refractivity (Wildman–Crippen MR) is 101 cm³/mol. The molecule has 0 unspecified atom stereocenters. The highest BCUT2D eigenvalue weighted by Crippen LogP contribution is 2.14. The molecule has 0 aliphatic carbocycles. The summed E-state index contributed by atoms with van der Waals surface area (Å²) >= 11 is 0. The first kappa shape index (κ1) is 18.4. The standard InChI is InChI=1S/C19H26N4O3/c1-13(20-12-16-10-7-11-26-16)18(24)21-17-14(2)22(3)23(19(17)25)15-8-5-4-6-9-15/h4-6,8-9,13,16,20H,7,10-12H2,1-3H3,(H,21,24)/t13-,16+/m0/s1. The maximum absolute atomic E-state index is 12.8. The lowest BCUT2D eigenvalue weighted by atomic mass is 10.2. The Labute approximate surface area is 152 Å². The Hall–Kier alpha value is -2.38. The van der Waals surface area contributed by atoms with Crippen molar-refractivity contribution in [1.82, 2.24) is 14.7 Å². The van der Waals surface area contributed by atoms with Gasteiger partial charge in [-0.3, -0.25) is 14.3 Å². The zero-order valence-corrected chi connectivity index (χ0v) is 15.5. The highest BCUT2D eigenvalue weighted by molar-refractivity contribution is 5.94. The first-order valence-corrected chi connectivity index (χ1v) is 8.99. The summed E-state index contributed by atoms with van der Waals surface area (Å²) in [4.78, 5) is 25.3. The van der Waals surface area contributed by atoms with Crippen molar-refractivity contribution < 1.29 is 9.53 Å². The lowest BCUT2D eigenvalue weighted by Gasteiger charge is -2.16. The molecule has 7 heteroatoms. The number of hydrogen-bond donors (Lipinski definition) is 2. The average molecular weight is 358 g/mol. The Morgan fingerprint density at radius 1 is 1.35 bits per heavy atom. The molecular weight excluding hydrogens is 332 g/mol. The smallest absolute Gasteiger partial charge is 0.295 e. The molecule has 1 aliphatic rings. The van der Waals surface area contributed by atoms with Crippen molar-refractivity contribution in [3.05, 3.63) is 46.4 Å². The van der Waals surface area contributed by atoms with Crippen LogP contribution in [-0.4, -0.2) is 40.6 Å². The third-order valence-corrected chi connectivity index (χ3v) is 4.87. The highest BCUT2D eigenvalue weighted by Gasteiger charge is 2.22. The molecule has 1 saturated heterocycles. The summed E-state index contributed by atoms with van der Waals surface area (Å²) in [7, 11) is 1.80. The molecule has 2 N–H and O–H groups in total. The third kappa shape index (κ3) is 3.73. The first-order valence-electron chi connectivity index (χ1n) is 8.99. The van der Waals surface area contributed by atoms with E-state index in [1.54, 1.807) is 23.3 Å². The predicted octanol–water partition coefficient (Wildman–Crippen LogP) is 1.58. The van der Waals surface area contributed by atoms with Gasteiger partial charge in [0.05, 0.1) is 23.5 Å². The SMILES string of the molecule is Cc1c(NC(=O)[C@H](C)NC[C@H]2CCCO2)c(=O)n(-c2ccccc2)n1C. The van der Waals surface area contributed by atoms with Crippen molar-refractivity contribution in [3.63, 3.8) is 0 Å². The second-order valence-corrected chi connectivity index (χ2v) is 6.69. The summed E-state index contributed by atoms with van der Waals surface area (Å²) in [5.74, 6) is -0.228.